The highest BCUT2D eigenvalue weighted by atomic mass is 19.4. The van der Waals surface area contributed by atoms with Gasteiger partial charge in [-0.3, -0.25) is 4.79 Å². The van der Waals surface area contributed by atoms with Crippen molar-refractivity contribution in [2.24, 2.45) is 0 Å². The second kappa shape index (κ2) is 5.52. The Labute approximate surface area is 101 Å². The molecule has 1 rings (SSSR count). The number of nitrogens with one attached hydrogen (secondary N) is 1. The number of ether oxygens (including phenoxy) is 1. The second-order valence-corrected chi connectivity index (χ2v) is 3.34. The Morgan fingerprint density at radius 1 is 1.22 bits per heavy atom. The number of methoxy groups -OCH3 is 1. The summed E-state index contributed by atoms with van der Waals surface area (Å²) in [4.78, 5) is 22.2. The standard InChI is InChI=1S/C11H10F3NO3/c1-18-9(16)8(7-5-3-2-4-6-7)15-10(17)11(12,13)14/h2-6,8H,1H3,(H,15,17). The molecule has 1 amide bonds. The summed E-state index contributed by atoms with van der Waals surface area (Å²) in [5, 5.41) is 1.59. The maximum Gasteiger partial charge on any atom is 0.471 e. The molecule has 1 N–H and O–H groups in total. The average Bonchev–Trinajstić information content (AvgIpc) is 2.34. The minimum atomic E-state index is -5.05. The summed E-state index contributed by atoms with van der Waals surface area (Å²) in [7, 11) is 1.03. The number of esters is 1. The van der Waals surface area contributed by atoms with Crippen LogP contribution in [-0.2, 0) is 14.3 Å². The van der Waals surface area contributed by atoms with E-state index in [0.717, 1.165) is 7.11 Å². The number of hydrogen-bond donors (Lipinski definition) is 1. The fourth-order valence-electron chi connectivity index (χ4n) is 1.25. The molecule has 4 nitrogen and oxygen atoms in total. The van der Waals surface area contributed by atoms with Crippen LogP contribution in [0, 0.1) is 0 Å². The first kappa shape index (κ1) is 14.0. The number of hydrogen-bond acceptors (Lipinski definition) is 3. The molecule has 1 aromatic carbocycles. The maximum absolute atomic E-state index is 12.1. The fraction of sp³-hybridized carbons (Fsp3) is 0.273. The van der Waals surface area contributed by atoms with Crippen molar-refractivity contribution < 1.29 is 27.5 Å². The SMILES string of the molecule is COC(=O)C(NC(=O)C(F)(F)F)c1ccccc1. The van der Waals surface area contributed by atoms with Gasteiger partial charge >= 0.3 is 18.1 Å². The van der Waals surface area contributed by atoms with Gasteiger partial charge in [0.05, 0.1) is 7.11 Å². The molecule has 0 aromatic heterocycles. The maximum atomic E-state index is 12.1. The van der Waals surface area contributed by atoms with Crippen molar-refractivity contribution in [1.29, 1.82) is 0 Å². The first-order valence-corrected chi connectivity index (χ1v) is 4.86. The van der Waals surface area contributed by atoms with Crippen molar-refractivity contribution in [3.63, 3.8) is 0 Å². The second-order valence-electron chi connectivity index (χ2n) is 3.34. The zero-order valence-electron chi connectivity index (χ0n) is 9.32. The van der Waals surface area contributed by atoms with Gasteiger partial charge in [0.1, 0.15) is 0 Å². The number of alkyl halides is 3. The third-order valence-electron chi connectivity index (χ3n) is 2.10. The van der Waals surface area contributed by atoms with Crippen molar-refractivity contribution in [3.05, 3.63) is 35.9 Å². The van der Waals surface area contributed by atoms with E-state index in [9.17, 15) is 22.8 Å². The molecule has 0 aliphatic carbocycles. The Hall–Kier alpha value is -2.05. The number of rotatable bonds is 3. The van der Waals surface area contributed by atoms with Crippen LogP contribution < -0.4 is 5.32 Å². The van der Waals surface area contributed by atoms with Crippen molar-refractivity contribution in [2.45, 2.75) is 12.2 Å². The Kier molecular flexibility index (Phi) is 4.30. The molecule has 7 heteroatoms. The molecule has 0 bridgehead atoms. The monoisotopic (exact) mass is 261 g/mol. The summed E-state index contributed by atoms with van der Waals surface area (Å²) in [5.74, 6) is -3.17. The molecule has 0 aliphatic heterocycles. The van der Waals surface area contributed by atoms with Crippen LogP contribution in [0.15, 0.2) is 30.3 Å². The van der Waals surface area contributed by atoms with Crippen molar-refractivity contribution in [2.75, 3.05) is 7.11 Å². The normalized spacial score (nSPS) is 12.7. The topological polar surface area (TPSA) is 55.4 Å². The summed E-state index contributed by atoms with van der Waals surface area (Å²) in [6, 6.07) is 6.04. The third-order valence-corrected chi connectivity index (χ3v) is 2.10. The molecule has 0 saturated carbocycles. The molecular weight excluding hydrogens is 251 g/mol. The lowest BCUT2D eigenvalue weighted by atomic mass is 10.1. The Balaban J connectivity index is 2.95. The molecule has 0 spiro atoms. The van der Waals surface area contributed by atoms with Gasteiger partial charge in [-0.15, -0.1) is 0 Å². The van der Waals surface area contributed by atoms with E-state index in [2.05, 4.69) is 4.74 Å². The van der Waals surface area contributed by atoms with Gasteiger partial charge in [-0.25, -0.2) is 4.79 Å². The first-order valence-electron chi connectivity index (χ1n) is 4.86. The quantitative estimate of drug-likeness (QED) is 0.840. The predicted molar refractivity (Wildman–Crippen MR) is 55.4 cm³/mol. The minimum absolute atomic E-state index is 0.210. The molecule has 1 aromatic rings. The summed E-state index contributed by atoms with van der Waals surface area (Å²) in [6.45, 7) is 0. The van der Waals surface area contributed by atoms with E-state index >= 15 is 0 Å². The number of amides is 1. The number of halogens is 3. The first-order chi connectivity index (χ1) is 8.36. The fourth-order valence-corrected chi connectivity index (χ4v) is 1.25. The van der Waals surface area contributed by atoms with Gasteiger partial charge in [-0.05, 0) is 5.56 Å². The minimum Gasteiger partial charge on any atom is -0.467 e. The Morgan fingerprint density at radius 3 is 2.22 bits per heavy atom. The van der Waals surface area contributed by atoms with E-state index in [4.69, 9.17) is 0 Å². The molecular formula is C11H10F3NO3. The van der Waals surface area contributed by atoms with Gasteiger partial charge in [-0.1, -0.05) is 30.3 Å². The largest absolute Gasteiger partial charge is 0.471 e. The number of carbonyl (C=O) groups is 2. The molecule has 0 saturated heterocycles. The van der Waals surface area contributed by atoms with Crippen molar-refractivity contribution in [3.8, 4) is 0 Å². The lowest BCUT2D eigenvalue weighted by Crippen LogP contribution is -2.42. The molecule has 0 radical (unpaired) electrons. The molecule has 18 heavy (non-hydrogen) atoms. The van der Waals surface area contributed by atoms with E-state index < -0.39 is 24.1 Å². The molecule has 1 unspecified atom stereocenters. The van der Waals surface area contributed by atoms with E-state index in [1.165, 1.54) is 24.3 Å². The summed E-state index contributed by atoms with van der Waals surface area (Å²) >= 11 is 0. The molecule has 0 heterocycles. The average molecular weight is 261 g/mol. The van der Waals surface area contributed by atoms with Gasteiger partial charge in [0.15, 0.2) is 6.04 Å². The van der Waals surface area contributed by atoms with Gasteiger partial charge in [0.2, 0.25) is 0 Å². The van der Waals surface area contributed by atoms with Crippen LogP contribution in [0.5, 0.6) is 0 Å². The van der Waals surface area contributed by atoms with Crippen LogP contribution in [-0.4, -0.2) is 25.2 Å². The van der Waals surface area contributed by atoms with E-state index in [-0.39, 0.29) is 5.56 Å². The Morgan fingerprint density at radius 2 is 1.78 bits per heavy atom. The highest BCUT2D eigenvalue weighted by molar-refractivity contribution is 5.88. The zero-order valence-corrected chi connectivity index (χ0v) is 9.32. The summed E-state index contributed by atoms with van der Waals surface area (Å²) < 4.78 is 40.7. The van der Waals surface area contributed by atoms with Crippen LogP contribution in [0.25, 0.3) is 0 Å². The zero-order chi connectivity index (χ0) is 13.8. The van der Waals surface area contributed by atoms with Crippen LogP contribution in [0.3, 0.4) is 0 Å². The van der Waals surface area contributed by atoms with Gasteiger partial charge < -0.3 is 10.1 Å². The lowest BCUT2D eigenvalue weighted by Gasteiger charge is -2.17. The summed E-state index contributed by atoms with van der Waals surface area (Å²) in [5.41, 5.74) is 0.210. The number of carbonyl (C=O) groups excluding carboxylic acids is 2. The lowest BCUT2D eigenvalue weighted by molar-refractivity contribution is -0.175. The molecule has 98 valence electrons. The van der Waals surface area contributed by atoms with E-state index in [1.54, 1.807) is 11.4 Å². The molecule has 1 atom stereocenters. The van der Waals surface area contributed by atoms with Crippen LogP contribution >= 0.6 is 0 Å². The van der Waals surface area contributed by atoms with E-state index in [0.29, 0.717) is 0 Å². The van der Waals surface area contributed by atoms with Gasteiger partial charge in [-0.2, -0.15) is 13.2 Å². The smallest absolute Gasteiger partial charge is 0.467 e. The van der Waals surface area contributed by atoms with Crippen molar-refractivity contribution >= 4 is 11.9 Å². The molecule has 0 fully saturated rings. The third kappa shape index (κ3) is 3.47. The number of benzene rings is 1. The van der Waals surface area contributed by atoms with Crippen LogP contribution in [0.4, 0.5) is 13.2 Å². The van der Waals surface area contributed by atoms with Crippen molar-refractivity contribution in [1.82, 2.24) is 5.32 Å². The van der Waals surface area contributed by atoms with Crippen LogP contribution in [0.1, 0.15) is 11.6 Å². The summed E-state index contributed by atoms with van der Waals surface area (Å²) in [6.07, 6.45) is -5.05. The van der Waals surface area contributed by atoms with Gasteiger partial charge in [0.25, 0.3) is 0 Å². The van der Waals surface area contributed by atoms with E-state index in [1.807, 2.05) is 0 Å². The predicted octanol–water partition coefficient (Wildman–Crippen LogP) is 1.58. The highest BCUT2D eigenvalue weighted by Crippen LogP contribution is 2.19. The highest BCUT2D eigenvalue weighted by Gasteiger charge is 2.41. The van der Waals surface area contributed by atoms with Gasteiger partial charge in [0, 0.05) is 0 Å². The van der Waals surface area contributed by atoms with Crippen LogP contribution in [0.2, 0.25) is 0 Å². The molecule has 0 aliphatic rings. The Bertz CT molecular complexity index is 431.